The number of nitro benzene ring substituents is 1. The monoisotopic (exact) mass is 364 g/mol. The van der Waals surface area contributed by atoms with Crippen LogP contribution < -0.4 is 16.4 Å². The number of anilines is 1. The summed E-state index contributed by atoms with van der Waals surface area (Å²) in [6.45, 7) is 3.81. The van der Waals surface area contributed by atoms with Crippen LogP contribution in [-0.2, 0) is 0 Å². The van der Waals surface area contributed by atoms with Crippen LogP contribution in [0.1, 0.15) is 25.0 Å². The third kappa shape index (κ3) is 3.95. The number of aliphatic imine (C=N–C) groups is 2. The molecule has 2 aromatic rings. The number of guanidine groups is 2. The first-order valence-corrected chi connectivity index (χ1v) is 8.28. The lowest BCUT2D eigenvalue weighted by Crippen LogP contribution is -2.54. The largest absolute Gasteiger partial charge is 0.369 e. The van der Waals surface area contributed by atoms with Gasteiger partial charge in [-0.25, -0.2) is 4.99 Å². The van der Waals surface area contributed by atoms with Crippen molar-refractivity contribution in [1.82, 2.24) is 0 Å². The molecule has 0 spiro atoms. The number of nitro groups is 1. The van der Waals surface area contributed by atoms with E-state index in [9.17, 15) is 10.1 Å². The average molecular weight is 364 g/mol. The minimum atomic E-state index is -0.656. The van der Waals surface area contributed by atoms with Gasteiger partial charge in [0, 0.05) is 17.8 Å². The average Bonchev–Trinajstić information content (AvgIpc) is 2.59. The third-order valence-corrected chi connectivity index (χ3v) is 4.09. The molecule has 8 nitrogen and oxygen atoms in total. The number of benzene rings is 2. The molecule has 0 saturated heterocycles. The van der Waals surface area contributed by atoms with Crippen molar-refractivity contribution in [2.75, 3.05) is 4.90 Å². The first-order valence-electron chi connectivity index (χ1n) is 8.28. The molecule has 8 heteroatoms. The highest BCUT2D eigenvalue weighted by atomic mass is 16.6. The highest BCUT2D eigenvalue weighted by Gasteiger charge is 2.32. The normalized spacial score (nSPS) is 16.1. The van der Waals surface area contributed by atoms with Crippen LogP contribution in [0.4, 0.5) is 11.4 Å². The molecule has 1 aliphatic heterocycles. The Morgan fingerprint density at radius 1 is 1.07 bits per heavy atom. The molecular formula is C19H20N6O2. The maximum absolute atomic E-state index is 10.7. The van der Waals surface area contributed by atoms with Crippen LogP contribution in [0.15, 0.2) is 58.5 Å². The Morgan fingerprint density at radius 2 is 1.74 bits per heavy atom. The molecule has 3 rings (SSSR count). The standard InChI is InChI=1S/C19H20N6O2/c1-19(2)23-17(20)22-18(21)24(19)16-5-3-4-14(12-16)7-6-13-8-10-15(11-9-13)25(26)27/h3-12H,1-2H3,(H4,20,21,22,23)/b7-6+. The third-order valence-electron chi connectivity index (χ3n) is 4.09. The minimum absolute atomic E-state index is 0.0658. The highest BCUT2D eigenvalue weighted by Crippen LogP contribution is 2.28. The Bertz CT molecular complexity index is 960. The van der Waals surface area contributed by atoms with Gasteiger partial charge in [0.25, 0.3) is 5.69 Å². The number of hydrogen-bond acceptors (Lipinski definition) is 7. The summed E-state index contributed by atoms with van der Waals surface area (Å²) in [5.74, 6) is 0.437. The van der Waals surface area contributed by atoms with E-state index < -0.39 is 10.6 Å². The van der Waals surface area contributed by atoms with Gasteiger partial charge in [0.2, 0.25) is 11.9 Å². The van der Waals surface area contributed by atoms with E-state index in [0.29, 0.717) is 0 Å². The van der Waals surface area contributed by atoms with Crippen molar-refractivity contribution < 1.29 is 4.92 Å². The molecule has 138 valence electrons. The summed E-state index contributed by atoms with van der Waals surface area (Å²) in [4.78, 5) is 20.5. The molecule has 0 aromatic heterocycles. The SMILES string of the molecule is CC1(C)N=C(N)N=C(N)N1c1cccc(/C=C/c2ccc([N+](=O)[O-])cc2)c1. The zero-order valence-corrected chi connectivity index (χ0v) is 15.0. The summed E-state index contributed by atoms with van der Waals surface area (Å²) in [5.41, 5.74) is 13.8. The van der Waals surface area contributed by atoms with Crippen LogP contribution >= 0.6 is 0 Å². The van der Waals surface area contributed by atoms with Crippen molar-refractivity contribution in [3.05, 3.63) is 69.8 Å². The highest BCUT2D eigenvalue weighted by molar-refractivity contribution is 6.05. The van der Waals surface area contributed by atoms with Crippen molar-refractivity contribution in [3.63, 3.8) is 0 Å². The van der Waals surface area contributed by atoms with Gasteiger partial charge in [0.15, 0.2) is 0 Å². The van der Waals surface area contributed by atoms with E-state index in [1.54, 1.807) is 12.1 Å². The Kier molecular flexibility index (Phi) is 4.64. The summed E-state index contributed by atoms with van der Waals surface area (Å²) in [5, 5.41) is 10.7. The lowest BCUT2D eigenvalue weighted by Gasteiger charge is -2.38. The van der Waals surface area contributed by atoms with Crippen molar-refractivity contribution in [3.8, 4) is 0 Å². The smallest absolute Gasteiger partial charge is 0.269 e. The molecule has 0 unspecified atom stereocenters. The topological polar surface area (TPSA) is 123 Å². The lowest BCUT2D eigenvalue weighted by atomic mass is 10.1. The number of hydrogen-bond donors (Lipinski definition) is 2. The maximum Gasteiger partial charge on any atom is 0.269 e. The van der Waals surface area contributed by atoms with Gasteiger partial charge >= 0.3 is 0 Å². The van der Waals surface area contributed by atoms with Crippen LogP contribution in [-0.4, -0.2) is 22.5 Å². The van der Waals surface area contributed by atoms with Gasteiger partial charge in [-0.15, -0.1) is 0 Å². The number of rotatable bonds is 4. The molecule has 1 aliphatic rings. The number of nitrogens with two attached hydrogens (primary N) is 2. The van der Waals surface area contributed by atoms with Gasteiger partial charge in [-0.3, -0.25) is 15.0 Å². The zero-order valence-electron chi connectivity index (χ0n) is 15.0. The number of nitrogens with zero attached hydrogens (tertiary/aromatic N) is 4. The molecule has 0 aliphatic carbocycles. The summed E-state index contributed by atoms with van der Waals surface area (Å²) in [6.07, 6.45) is 3.81. The molecule has 0 bridgehead atoms. The number of non-ortho nitro benzene ring substituents is 1. The Labute approximate surface area is 156 Å². The molecule has 1 heterocycles. The molecule has 0 amide bonds. The van der Waals surface area contributed by atoms with Crippen LogP contribution in [0.5, 0.6) is 0 Å². The summed E-state index contributed by atoms with van der Waals surface area (Å²) < 4.78 is 0. The van der Waals surface area contributed by atoms with Crippen LogP contribution in [0, 0.1) is 10.1 Å². The molecule has 0 radical (unpaired) electrons. The quantitative estimate of drug-likeness (QED) is 0.490. The molecule has 0 fully saturated rings. The fraction of sp³-hybridized carbons (Fsp3) is 0.158. The van der Waals surface area contributed by atoms with E-state index in [1.165, 1.54) is 12.1 Å². The van der Waals surface area contributed by atoms with E-state index >= 15 is 0 Å². The molecule has 2 aromatic carbocycles. The van der Waals surface area contributed by atoms with Crippen LogP contribution in [0.2, 0.25) is 0 Å². The van der Waals surface area contributed by atoms with Crippen LogP contribution in [0.25, 0.3) is 12.2 Å². The molecule has 0 saturated carbocycles. The fourth-order valence-corrected chi connectivity index (χ4v) is 2.92. The van der Waals surface area contributed by atoms with E-state index in [2.05, 4.69) is 9.98 Å². The predicted molar refractivity (Wildman–Crippen MR) is 108 cm³/mol. The Balaban J connectivity index is 1.86. The van der Waals surface area contributed by atoms with Gasteiger partial charge in [0.1, 0.15) is 5.66 Å². The van der Waals surface area contributed by atoms with Crippen molar-refractivity contribution >= 4 is 35.4 Å². The first-order chi connectivity index (χ1) is 12.8. The van der Waals surface area contributed by atoms with Gasteiger partial charge in [-0.1, -0.05) is 24.3 Å². The Morgan fingerprint density at radius 3 is 2.37 bits per heavy atom. The fourth-order valence-electron chi connectivity index (χ4n) is 2.92. The molecule has 4 N–H and O–H groups in total. The summed E-state index contributed by atoms with van der Waals surface area (Å²) in [7, 11) is 0. The van der Waals surface area contributed by atoms with Crippen molar-refractivity contribution in [1.29, 1.82) is 0 Å². The zero-order chi connectivity index (χ0) is 19.6. The van der Waals surface area contributed by atoms with E-state index in [1.807, 2.05) is 55.2 Å². The van der Waals surface area contributed by atoms with E-state index in [4.69, 9.17) is 11.5 Å². The molecule has 0 atom stereocenters. The first kappa shape index (κ1) is 18.1. The maximum atomic E-state index is 10.7. The van der Waals surface area contributed by atoms with Gasteiger partial charge < -0.3 is 11.5 Å². The second kappa shape index (κ2) is 6.91. The summed E-state index contributed by atoms with van der Waals surface area (Å²) in [6, 6.07) is 14.1. The summed E-state index contributed by atoms with van der Waals surface area (Å²) >= 11 is 0. The second-order valence-corrected chi connectivity index (χ2v) is 6.55. The van der Waals surface area contributed by atoms with Gasteiger partial charge in [-0.2, -0.15) is 4.99 Å². The van der Waals surface area contributed by atoms with E-state index in [0.717, 1.165) is 16.8 Å². The Hall–Kier alpha value is -3.68. The van der Waals surface area contributed by atoms with Gasteiger partial charge in [-0.05, 0) is 49.2 Å². The minimum Gasteiger partial charge on any atom is -0.369 e. The van der Waals surface area contributed by atoms with Crippen molar-refractivity contribution in [2.24, 2.45) is 21.5 Å². The lowest BCUT2D eigenvalue weighted by molar-refractivity contribution is -0.384. The molecular weight excluding hydrogens is 344 g/mol. The predicted octanol–water partition coefficient (Wildman–Crippen LogP) is 2.95. The van der Waals surface area contributed by atoms with Gasteiger partial charge in [0.05, 0.1) is 4.92 Å². The van der Waals surface area contributed by atoms with Crippen molar-refractivity contribution in [2.45, 2.75) is 19.5 Å². The van der Waals surface area contributed by atoms with E-state index in [-0.39, 0.29) is 17.6 Å². The molecule has 27 heavy (non-hydrogen) atoms. The van der Waals surface area contributed by atoms with Crippen LogP contribution in [0.3, 0.4) is 0 Å². The second-order valence-electron chi connectivity index (χ2n) is 6.55.